The van der Waals surface area contributed by atoms with E-state index in [9.17, 15) is 23.3 Å². The first-order valence-corrected chi connectivity index (χ1v) is 17.6. The summed E-state index contributed by atoms with van der Waals surface area (Å²) in [6.45, 7) is 3.45. The van der Waals surface area contributed by atoms with Crippen LogP contribution in [0.15, 0.2) is 85.1 Å². The molecule has 12 nitrogen and oxygen atoms in total. The average molecular weight is 672 g/mol. The first-order chi connectivity index (χ1) is 23.2. The number of hydrogen-bond donors (Lipinski definition) is 1. The topological polar surface area (TPSA) is 145 Å². The average Bonchev–Trinajstić information content (AvgIpc) is 3.80. The molecule has 7 rings (SSSR count). The quantitative estimate of drug-likeness (QED) is 0.249. The molecule has 2 atom stereocenters. The van der Waals surface area contributed by atoms with Crippen LogP contribution in [-0.4, -0.2) is 88.3 Å². The Kier molecular flexibility index (Phi) is 9.95. The summed E-state index contributed by atoms with van der Waals surface area (Å²) in [6, 6.07) is 26.8. The highest BCUT2D eigenvalue weighted by Gasteiger charge is 2.35. The van der Waals surface area contributed by atoms with Gasteiger partial charge in [-0.1, -0.05) is 36.4 Å². The zero-order chi connectivity index (χ0) is 33.7. The zero-order valence-electron chi connectivity index (χ0n) is 26.5. The molecule has 1 aromatic heterocycles. The lowest BCUT2D eigenvalue weighted by Gasteiger charge is -2.32. The SMILES string of the molecule is CS(=O)(=O)OCC1CN(c2ccccc2)C(=O)O1.N#Cc1ccc2[nH]cc(C3CCN(CC4CN(c5ccccc5)C(=O)O4)CC3)c2c1. The first kappa shape index (κ1) is 33.0. The van der Waals surface area contributed by atoms with Crippen molar-refractivity contribution < 1.29 is 31.7 Å². The van der Waals surface area contributed by atoms with E-state index in [0.29, 0.717) is 23.7 Å². The van der Waals surface area contributed by atoms with E-state index in [1.807, 2.05) is 66.7 Å². The number of likely N-dealkylation sites (tertiary alicyclic amines) is 1. The number of carbonyl (C=O) groups excluding carboxylic acids is 2. The minimum Gasteiger partial charge on any atom is -0.443 e. The summed E-state index contributed by atoms with van der Waals surface area (Å²) >= 11 is 0. The maximum atomic E-state index is 12.3. The van der Waals surface area contributed by atoms with E-state index in [4.69, 9.17) is 9.47 Å². The van der Waals surface area contributed by atoms with Crippen molar-refractivity contribution in [3.8, 4) is 6.07 Å². The van der Waals surface area contributed by atoms with Gasteiger partial charge in [-0.05, 0) is 79.9 Å². The van der Waals surface area contributed by atoms with Crippen molar-refractivity contribution >= 4 is 44.6 Å². The third-order valence-electron chi connectivity index (χ3n) is 8.68. The van der Waals surface area contributed by atoms with Crippen LogP contribution in [-0.2, 0) is 23.8 Å². The number of nitrogens with one attached hydrogen (secondary N) is 1. The molecule has 0 bridgehead atoms. The van der Waals surface area contributed by atoms with E-state index in [1.54, 1.807) is 17.0 Å². The number of piperidine rings is 1. The van der Waals surface area contributed by atoms with Crippen molar-refractivity contribution in [2.24, 2.45) is 0 Å². The lowest BCUT2D eigenvalue weighted by Crippen LogP contribution is -2.39. The second-order valence-corrected chi connectivity index (χ2v) is 13.7. The number of cyclic esters (lactones) is 2. The predicted octanol–water partition coefficient (Wildman–Crippen LogP) is 5.23. The van der Waals surface area contributed by atoms with Gasteiger partial charge in [0.15, 0.2) is 0 Å². The number of aromatic nitrogens is 1. The number of nitriles is 1. The lowest BCUT2D eigenvalue weighted by molar-refractivity contribution is 0.0977. The van der Waals surface area contributed by atoms with Crippen molar-refractivity contribution in [3.05, 3.63) is 96.2 Å². The highest BCUT2D eigenvalue weighted by molar-refractivity contribution is 7.85. The molecule has 0 radical (unpaired) electrons. The second-order valence-electron chi connectivity index (χ2n) is 12.1. The lowest BCUT2D eigenvalue weighted by atomic mass is 9.89. The number of benzene rings is 3. The Labute approximate surface area is 279 Å². The second kappa shape index (κ2) is 14.5. The van der Waals surface area contributed by atoms with Crippen molar-refractivity contribution in [1.29, 1.82) is 5.26 Å². The molecule has 4 aromatic rings. The molecule has 48 heavy (non-hydrogen) atoms. The van der Waals surface area contributed by atoms with Gasteiger partial charge in [-0.15, -0.1) is 0 Å². The van der Waals surface area contributed by atoms with Crippen LogP contribution in [0.5, 0.6) is 0 Å². The number of nitrogens with zero attached hydrogens (tertiary/aromatic N) is 4. The Morgan fingerprint density at radius 2 is 1.46 bits per heavy atom. The number of hydrogen-bond acceptors (Lipinski definition) is 9. The van der Waals surface area contributed by atoms with Gasteiger partial charge in [-0.25, -0.2) is 9.59 Å². The molecular weight excluding hydrogens is 634 g/mol. The third kappa shape index (κ3) is 7.96. The smallest absolute Gasteiger partial charge is 0.414 e. The van der Waals surface area contributed by atoms with Gasteiger partial charge in [-0.2, -0.15) is 13.7 Å². The van der Waals surface area contributed by atoms with Crippen LogP contribution in [0.4, 0.5) is 21.0 Å². The van der Waals surface area contributed by atoms with Gasteiger partial charge in [-0.3, -0.25) is 18.9 Å². The van der Waals surface area contributed by atoms with Crippen LogP contribution in [0.25, 0.3) is 10.9 Å². The molecule has 3 aliphatic rings. The summed E-state index contributed by atoms with van der Waals surface area (Å²) in [7, 11) is -3.52. The summed E-state index contributed by atoms with van der Waals surface area (Å²) in [5.41, 5.74) is 4.70. The van der Waals surface area contributed by atoms with Crippen molar-refractivity contribution in [2.75, 3.05) is 55.4 Å². The van der Waals surface area contributed by atoms with Crippen LogP contribution in [0.1, 0.15) is 29.9 Å². The van der Waals surface area contributed by atoms with Crippen molar-refractivity contribution in [2.45, 2.75) is 31.0 Å². The van der Waals surface area contributed by atoms with Gasteiger partial charge in [0, 0.05) is 35.0 Å². The van der Waals surface area contributed by atoms with Crippen LogP contribution in [0.2, 0.25) is 0 Å². The van der Waals surface area contributed by atoms with Crippen LogP contribution < -0.4 is 9.80 Å². The molecule has 0 aliphatic carbocycles. The molecular formula is C35H37N5O7S. The largest absolute Gasteiger partial charge is 0.443 e. The van der Waals surface area contributed by atoms with Gasteiger partial charge in [0.25, 0.3) is 10.1 Å². The van der Waals surface area contributed by atoms with Crippen LogP contribution in [0, 0.1) is 11.3 Å². The number of carbonyl (C=O) groups is 2. The molecule has 3 saturated heterocycles. The fourth-order valence-electron chi connectivity index (χ4n) is 6.33. The van der Waals surface area contributed by atoms with Crippen LogP contribution in [0.3, 0.4) is 0 Å². The van der Waals surface area contributed by atoms with Crippen LogP contribution >= 0.6 is 0 Å². The molecule has 3 aromatic carbocycles. The number of aromatic amines is 1. The summed E-state index contributed by atoms with van der Waals surface area (Å²) in [6.07, 6.45) is 3.76. The van der Waals surface area contributed by atoms with E-state index in [-0.39, 0.29) is 25.3 Å². The summed E-state index contributed by atoms with van der Waals surface area (Å²) in [4.78, 5) is 32.8. The fraction of sp³-hybridized carbons (Fsp3) is 0.343. The third-order valence-corrected chi connectivity index (χ3v) is 9.25. The number of amides is 2. The number of H-pyrrole nitrogens is 1. The van der Waals surface area contributed by atoms with Crippen molar-refractivity contribution in [3.63, 3.8) is 0 Å². The monoisotopic (exact) mass is 671 g/mol. The maximum absolute atomic E-state index is 12.3. The summed E-state index contributed by atoms with van der Waals surface area (Å²) < 4.78 is 36.9. The van der Waals surface area contributed by atoms with E-state index in [1.165, 1.54) is 10.5 Å². The molecule has 3 fully saturated rings. The Bertz CT molecular complexity index is 1890. The molecule has 3 aliphatic heterocycles. The molecule has 0 saturated carbocycles. The van der Waals surface area contributed by atoms with Gasteiger partial charge < -0.3 is 14.5 Å². The van der Waals surface area contributed by atoms with E-state index < -0.39 is 22.3 Å². The Hall–Kier alpha value is -4.90. The minimum absolute atomic E-state index is 0.0967. The predicted molar refractivity (Wildman–Crippen MR) is 180 cm³/mol. The number of fused-ring (bicyclic) bond motifs is 1. The molecule has 2 unspecified atom stereocenters. The maximum Gasteiger partial charge on any atom is 0.414 e. The highest BCUT2D eigenvalue weighted by atomic mass is 32.2. The summed E-state index contributed by atoms with van der Waals surface area (Å²) in [5, 5.41) is 10.4. The number of ether oxygens (including phenoxy) is 2. The van der Waals surface area contributed by atoms with Crippen molar-refractivity contribution in [1.82, 2.24) is 9.88 Å². The van der Waals surface area contributed by atoms with Gasteiger partial charge in [0.2, 0.25) is 0 Å². The molecule has 13 heteroatoms. The number of anilines is 2. The van der Waals surface area contributed by atoms with Gasteiger partial charge in [0.1, 0.15) is 18.8 Å². The molecule has 250 valence electrons. The Morgan fingerprint density at radius 3 is 2.04 bits per heavy atom. The molecule has 4 heterocycles. The molecule has 2 amide bonds. The zero-order valence-corrected chi connectivity index (χ0v) is 27.3. The van der Waals surface area contributed by atoms with E-state index >= 15 is 0 Å². The fourth-order valence-corrected chi connectivity index (χ4v) is 6.73. The Morgan fingerprint density at radius 1 is 0.875 bits per heavy atom. The normalized spacial score (nSPS) is 20.2. The van der Waals surface area contributed by atoms with E-state index in [2.05, 4.69) is 26.3 Å². The summed E-state index contributed by atoms with van der Waals surface area (Å²) in [5.74, 6) is 0.482. The number of rotatable bonds is 8. The molecule has 1 N–H and O–H groups in total. The highest BCUT2D eigenvalue weighted by Crippen LogP contribution is 2.34. The molecule has 0 spiro atoms. The van der Waals surface area contributed by atoms with E-state index in [0.717, 1.165) is 55.3 Å². The Balaban J connectivity index is 0.000000191. The standard InChI is InChI=1S/C24H24N4O2.C11H13NO5S/c25-13-17-6-7-23-21(12-17)22(14-26-23)18-8-10-27(11-9-18)15-20-16-28(24(29)30-20)19-4-2-1-3-5-19;1-18(14,15)16-8-10-7-12(11(13)17-10)9-5-3-2-4-6-9/h1-7,12,14,18,20,26H,8-11,15-16H2;2-6,10H,7-8H2,1H3. The first-order valence-electron chi connectivity index (χ1n) is 15.8. The number of para-hydroxylation sites is 2. The minimum atomic E-state index is -3.52. The van der Waals surface area contributed by atoms with Gasteiger partial charge >= 0.3 is 12.2 Å². The van der Waals surface area contributed by atoms with Gasteiger partial charge in [0.05, 0.1) is 31.0 Å².